The summed E-state index contributed by atoms with van der Waals surface area (Å²) >= 11 is 0. The first-order chi connectivity index (χ1) is 9.45. The summed E-state index contributed by atoms with van der Waals surface area (Å²) in [5, 5.41) is 27.1. The van der Waals surface area contributed by atoms with E-state index in [4.69, 9.17) is 5.11 Å². The summed E-state index contributed by atoms with van der Waals surface area (Å²) in [5.41, 5.74) is -0.0470. The molecule has 2 aromatic rings. The van der Waals surface area contributed by atoms with Gasteiger partial charge in [-0.2, -0.15) is 5.10 Å². The summed E-state index contributed by atoms with van der Waals surface area (Å²) in [5.74, 6) is -1.29. The van der Waals surface area contributed by atoms with Gasteiger partial charge in [-0.3, -0.25) is 10.00 Å². The van der Waals surface area contributed by atoms with Crippen LogP contribution in [0.5, 0.6) is 5.75 Å². The molecular weight excluding hydrogens is 264 g/mol. The highest BCUT2D eigenvalue weighted by Gasteiger charge is 2.11. The number of aryl methyl sites for hydroxylation is 1. The van der Waals surface area contributed by atoms with Crippen molar-refractivity contribution in [3.63, 3.8) is 0 Å². The summed E-state index contributed by atoms with van der Waals surface area (Å²) in [6.45, 7) is 0. The second kappa shape index (κ2) is 5.31. The van der Waals surface area contributed by atoms with Gasteiger partial charge in [-0.1, -0.05) is 0 Å². The number of nitrogens with zero attached hydrogens (tertiary/aromatic N) is 2. The van der Waals surface area contributed by atoms with Gasteiger partial charge in [0.05, 0.1) is 0 Å². The highest BCUT2D eigenvalue weighted by molar-refractivity contribution is 6.00. The fraction of sp³-hybridized carbons (Fsp3) is 0.0833. The lowest BCUT2D eigenvalue weighted by atomic mass is 10.2. The number of aromatic hydroxyl groups is 1. The number of aromatic carboxylic acids is 1. The molecule has 0 radical (unpaired) electrons. The number of amides is 2. The Balaban J connectivity index is 2.08. The number of carbonyl (C=O) groups excluding carboxylic acids is 1. The molecule has 104 valence electrons. The van der Waals surface area contributed by atoms with E-state index in [1.807, 2.05) is 0 Å². The smallest absolute Gasteiger partial charge is 0.339 e. The summed E-state index contributed by atoms with van der Waals surface area (Å²) < 4.78 is 1.53. The number of aromatic nitrogens is 2. The zero-order valence-electron chi connectivity index (χ0n) is 10.5. The van der Waals surface area contributed by atoms with E-state index >= 15 is 0 Å². The van der Waals surface area contributed by atoms with Gasteiger partial charge in [0.2, 0.25) is 0 Å². The number of rotatable bonds is 3. The van der Waals surface area contributed by atoms with Gasteiger partial charge < -0.3 is 15.5 Å². The summed E-state index contributed by atoms with van der Waals surface area (Å²) in [4.78, 5) is 22.5. The molecule has 1 aromatic carbocycles. The molecular formula is C12H12N4O4. The number of anilines is 2. The first kappa shape index (κ1) is 13.4. The van der Waals surface area contributed by atoms with Gasteiger partial charge in [0.25, 0.3) is 0 Å². The molecule has 0 unspecified atom stereocenters. The SMILES string of the molecule is Cn1ccc(NC(=O)Nc2ccc(O)c(C(=O)O)c2)n1. The largest absolute Gasteiger partial charge is 0.507 e. The van der Waals surface area contributed by atoms with Crippen LogP contribution in [0.2, 0.25) is 0 Å². The molecule has 0 spiro atoms. The van der Waals surface area contributed by atoms with Crippen molar-refractivity contribution in [2.45, 2.75) is 0 Å². The molecule has 0 bridgehead atoms. The van der Waals surface area contributed by atoms with Crippen LogP contribution in [-0.4, -0.2) is 32.0 Å². The topological polar surface area (TPSA) is 116 Å². The molecule has 1 heterocycles. The van der Waals surface area contributed by atoms with Crippen LogP contribution in [-0.2, 0) is 7.05 Å². The molecule has 1 aromatic heterocycles. The zero-order chi connectivity index (χ0) is 14.7. The maximum atomic E-state index is 11.7. The maximum absolute atomic E-state index is 11.7. The Morgan fingerprint density at radius 1 is 1.25 bits per heavy atom. The lowest BCUT2D eigenvalue weighted by molar-refractivity contribution is 0.0693. The molecule has 0 fully saturated rings. The van der Waals surface area contributed by atoms with Gasteiger partial charge in [-0.05, 0) is 18.2 Å². The van der Waals surface area contributed by atoms with Gasteiger partial charge in [0.15, 0.2) is 5.82 Å². The number of phenols is 1. The molecule has 0 aliphatic rings. The molecule has 20 heavy (non-hydrogen) atoms. The van der Waals surface area contributed by atoms with Crippen LogP contribution >= 0.6 is 0 Å². The van der Waals surface area contributed by atoms with Crippen LogP contribution in [0.3, 0.4) is 0 Å². The molecule has 8 nitrogen and oxygen atoms in total. The third kappa shape index (κ3) is 3.05. The first-order valence-corrected chi connectivity index (χ1v) is 5.59. The highest BCUT2D eigenvalue weighted by Crippen LogP contribution is 2.21. The van der Waals surface area contributed by atoms with Crippen LogP contribution in [0.15, 0.2) is 30.5 Å². The van der Waals surface area contributed by atoms with Crippen molar-refractivity contribution < 1.29 is 19.8 Å². The van der Waals surface area contributed by atoms with Crippen LogP contribution in [0.1, 0.15) is 10.4 Å². The van der Waals surface area contributed by atoms with Gasteiger partial charge in [0.1, 0.15) is 11.3 Å². The third-order valence-electron chi connectivity index (χ3n) is 2.44. The minimum atomic E-state index is -1.28. The van der Waals surface area contributed by atoms with Gasteiger partial charge >= 0.3 is 12.0 Å². The monoisotopic (exact) mass is 276 g/mol. The number of hydrogen-bond donors (Lipinski definition) is 4. The Bertz CT molecular complexity index is 665. The van der Waals surface area contributed by atoms with Crippen molar-refractivity contribution in [3.05, 3.63) is 36.0 Å². The van der Waals surface area contributed by atoms with Crippen molar-refractivity contribution in [1.82, 2.24) is 9.78 Å². The van der Waals surface area contributed by atoms with Crippen molar-refractivity contribution in [1.29, 1.82) is 0 Å². The van der Waals surface area contributed by atoms with Crippen molar-refractivity contribution in [2.24, 2.45) is 7.05 Å². The van der Waals surface area contributed by atoms with Gasteiger partial charge in [-0.15, -0.1) is 0 Å². The van der Waals surface area contributed by atoms with Gasteiger partial charge in [-0.25, -0.2) is 9.59 Å². The van der Waals surface area contributed by atoms with Gasteiger partial charge in [0, 0.05) is 25.0 Å². The molecule has 0 aliphatic heterocycles. The van der Waals surface area contributed by atoms with E-state index in [0.717, 1.165) is 6.07 Å². The molecule has 4 N–H and O–H groups in total. The van der Waals surface area contributed by atoms with E-state index < -0.39 is 12.0 Å². The first-order valence-electron chi connectivity index (χ1n) is 5.59. The Morgan fingerprint density at radius 3 is 2.60 bits per heavy atom. The molecule has 0 saturated heterocycles. The van der Waals surface area contributed by atoms with E-state index in [1.165, 1.54) is 16.8 Å². The fourth-order valence-electron chi connectivity index (χ4n) is 1.55. The number of nitrogens with one attached hydrogen (secondary N) is 2. The number of carboxylic acid groups (broad SMARTS) is 1. The lowest BCUT2D eigenvalue weighted by Crippen LogP contribution is -2.20. The highest BCUT2D eigenvalue weighted by atomic mass is 16.4. The van der Waals surface area contributed by atoms with E-state index in [2.05, 4.69) is 15.7 Å². The third-order valence-corrected chi connectivity index (χ3v) is 2.44. The Morgan fingerprint density at radius 2 is 2.00 bits per heavy atom. The van der Waals surface area contributed by atoms with Crippen molar-refractivity contribution >= 4 is 23.5 Å². The van der Waals surface area contributed by atoms with E-state index in [1.54, 1.807) is 19.3 Å². The minimum Gasteiger partial charge on any atom is -0.507 e. The number of hydrogen-bond acceptors (Lipinski definition) is 4. The molecule has 0 aliphatic carbocycles. The zero-order valence-corrected chi connectivity index (χ0v) is 10.5. The Hall–Kier alpha value is -3.03. The average molecular weight is 276 g/mol. The average Bonchev–Trinajstić information content (AvgIpc) is 2.76. The second-order valence-corrected chi connectivity index (χ2v) is 3.99. The molecule has 0 atom stereocenters. The quantitative estimate of drug-likeness (QED) is 0.633. The number of urea groups is 1. The van der Waals surface area contributed by atoms with E-state index in [9.17, 15) is 14.7 Å². The second-order valence-electron chi connectivity index (χ2n) is 3.99. The molecule has 0 saturated carbocycles. The maximum Gasteiger partial charge on any atom is 0.339 e. The van der Waals surface area contributed by atoms with Crippen molar-refractivity contribution in [3.8, 4) is 5.75 Å². The number of benzene rings is 1. The normalized spacial score (nSPS) is 10.1. The fourth-order valence-corrected chi connectivity index (χ4v) is 1.55. The number of carbonyl (C=O) groups is 2. The lowest BCUT2D eigenvalue weighted by Gasteiger charge is -2.07. The standard InChI is InChI=1S/C12H12N4O4/c1-16-5-4-10(15-16)14-12(20)13-7-2-3-9(17)8(6-7)11(18)19/h2-6,17H,1H3,(H,18,19)(H2,13,14,15,20). The minimum absolute atomic E-state index is 0.244. The van der Waals surface area contributed by atoms with Crippen LogP contribution in [0, 0.1) is 0 Å². The predicted molar refractivity (Wildman–Crippen MR) is 70.9 cm³/mol. The van der Waals surface area contributed by atoms with Crippen molar-refractivity contribution in [2.75, 3.05) is 10.6 Å². The van der Waals surface area contributed by atoms with Crippen LogP contribution in [0.4, 0.5) is 16.3 Å². The Kier molecular flexibility index (Phi) is 3.56. The van der Waals surface area contributed by atoms with Crippen LogP contribution in [0.25, 0.3) is 0 Å². The van der Waals surface area contributed by atoms with E-state index in [0.29, 0.717) is 5.82 Å². The molecule has 2 amide bonds. The predicted octanol–water partition coefficient (Wildman–Crippen LogP) is 1.47. The summed E-state index contributed by atoms with van der Waals surface area (Å²) in [6, 6.07) is 4.79. The number of carboxylic acids is 1. The molecule has 2 rings (SSSR count). The Labute approximate surface area is 113 Å². The summed E-state index contributed by atoms with van der Waals surface area (Å²) in [6.07, 6.45) is 1.67. The van der Waals surface area contributed by atoms with E-state index in [-0.39, 0.29) is 17.0 Å². The molecule has 8 heteroatoms. The van der Waals surface area contributed by atoms with Crippen LogP contribution < -0.4 is 10.6 Å². The summed E-state index contributed by atoms with van der Waals surface area (Å²) in [7, 11) is 1.71.